The molecule has 1 aromatic heterocycles. The van der Waals surface area contributed by atoms with Gasteiger partial charge < -0.3 is 14.2 Å². The topological polar surface area (TPSA) is 120 Å². The molecule has 5 fully saturated rings. The van der Waals surface area contributed by atoms with E-state index < -0.39 is 0 Å². The Bertz CT molecular complexity index is 1370. The number of hydrogen-bond donors (Lipinski definition) is 1. The van der Waals surface area contributed by atoms with E-state index in [4.69, 9.17) is 14.2 Å². The summed E-state index contributed by atoms with van der Waals surface area (Å²) in [7, 11) is 0. The summed E-state index contributed by atoms with van der Waals surface area (Å²) in [6, 6.07) is 0. The van der Waals surface area contributed by atoms with Gasteiger partial charge in [0.2, 0.25) is 0 Å². The van der Waals surface area contributed by atoms with Crippen molar-refractivity contribution in [3.05, 3.63) is 24.0 Å². The van der Waals surface area contributed by atoms with Crippen LogP contribution in [0.15, 0.2) is 18.3 Å². The first-order chi connectivity index (χ1) is 21.6. The van der Waals surface area contributed by atoms with Crippen molar-refractivity contribution in [2.45, 2.75) is 125 Å². The molecule has 1 heterocycles. The number of hydrogen-bond acceptors (Lipinski definition) is 8. The molecule has 254 valence electrons. The smallest absolute Gasteiger partial charge is 0.334 e. The van der Waals surface area contributed by atoms with Crippen LogP contribution in [-0.4, -0.2) is 46.0 Å². The molecular weight excluding hydrogens is 582 g/mol. The van der Waals surface area contributed by atoms with Crippen molar-refractivity contribution >= 4 is 17.9 Å². The molecule has 5 aliphatic rings. The number of rotatable bonds is 7. The maximum absolute atomic E-state index is 13.5. The number of carbonyl (C=O) groups excluding carboxylic acids is 3. The molecule has 5 saturated carbocycles. The van der Waals surface area contributed by atoms with E-state index in [0.29, 0.717) is 35.6 Å². The Kier molecular flexibility index (Phi) is 8.28. The van der Waals surface area contributed by atoms with Crippen molar-refractivity contribution in [2.75, 3.05) is 6.61 Å². The molecule has 6 rings (SSSR count). The fourth-order valence-electron chi connectivity index (χ4n) is 12.7. The summed E-state index contributed by atoms with van der Waals surface area (Å²) in [5, 5.41) is 10.4. The highest BCUT2D eigenvalue weighted by Gasteiger charge is 2.71. The molecule has 10 atom stereocenters. The maximum atomic E-state index is 13.5. The number of aromatic nitrogens is 3. The molecule has 0 spiro atoms. The average molecular weight is 638 g/mol. The summed E-state index contributed by atoms with van der Waals surface area (Å²) >= 11 is 0. The number of carbonyl (C=O) groups is 3. The van der Waals surface area contributed by atoms with Crippen LogP contribution >= 0.6 is 0 Å². The normalized spacial score (nSPS) is 42.4. The quantitative estimate of drug-likeness (QED) is 0.193. The van der Waals surface area contributed by atoms with Gasteiger partial charge in [-0.1, -0.05) is 41.2 Å². The average Bonchev–Trinajstić information content (AvgIpc) is 3.65. The minimum absolute atomic E-state index is 0.0184. The van der Waals surface area contributed by atoms with E-state index >= 15 is 0 Å². The van der Waals surface area contributed by atoms with Gasteiger partial charge in [-0.15, -0.1) is 0 Å². The summed E-state index contributed by atoms with van der Waals surface area (Å²) in [6.45, 7) is 20.2. The molecule has 0 aromatic carbocycles. The van der Waals surface area contributed by atoms with Gasteiger partial charge >= 0.3 is 17.9 Å². The summed E-state index contributed by atoms with van der Waals surface area (Å²) in [5.74, 6) is 0.816. The van der Waals surface area contributed by atoms with E-state index in [9.17, 15) is 14.4 Å². The van der Waals surface area contributed by atoms with Crippen molar-refractivity contribution in [3.8, 4) is 0 Å². The fraction of sp³-hybridized carbons (Fsp3) is 0.811. The molecule has 1 N–H and O–H groups in total. The van der Waals surface area contributed by atoms with E-state index in [1.54, 1.807) is 6.20 Å². The number of aromatic amines is 1. The molecule has 1 aromatic rings. The van der Waals surface area contributed by atoms with Gasteiger partial charge in [-0.3, -0.25) is 9.59 Å². The Balaban J connectivity index is 1.31. The third-order valence-electron chi connectivity index (χ3n) is 14.9. The lowest BCUT2D eigenvalue weighted by Crippen LogP contribution is -2.67. The predicted octanol–water partition coefficient (Wildman–Crippen LogP) is 6.98. The van der Waals surface area contributed by atoms with Gasteiger partial charge in [0.25, 0.3) is 0 Å². The lowest BCUT2D eigenvalue weighted by molar-refractivity contribution is -0.252. The lowest BCUT2D eigenvalue weighted by atomic mass is 9.32. The van der Waals surface area contributed by atoms with Crippen LogP contribution in [0.5, 0.6) is 0 Å². The maximum Gasteiger partial charge on any atom is 0.334 e. The number of fused-ring (bicyclic) bond motifs is 7. The predicted molar refractivity (Wildman–Crippen MR) is 172 cm³/mol. The minimum Gasteiger partial charge on any atom is -0.465 e. The van der Waals surface area contributed by atoms with Gasteiger partial charge in [-0.05, 0) is 110 Å². The lowest BCUT2D eigenvalue weighted by Gasteiger charge is -2.73. The van der Waals surface area contributed by atoms with Crippen LogP contribution in [0.4, 0.5) is 0 Å². The van der Waals surface area contributed by atoms with Crippen molar-refractivity contribution in [1.29, 1.82) is 0 Å². The monoisotopic (exact) mass is 637 g/mol. The Morgan fingerprint density at radius 3 is 2.30 bits per heavy atom. The number of ether oxygens (including phenoxy) is 3. The first-order valence-corrected chi connectivity index (χ1v) is 17.6. The fourth-order valence-corrected chi connectivity index (χ4v) is 12.7. The van der Waals surface area contributed by atoms with E-state index in [1.165, 1.54) is 13.8 Å². The Labute approximate surface area is 274 Å². The van der Waals surface area contributed by atoms with Crippen molar-refractivity contribution < 1.29 is 28.6 Å². The molecule has 9 nitrogen and oxygen atoms in total. The van der Waals surface area contributed by atoms with Gasteiger partial charge in [0.15, 0.2) is 0 Å². The van der Waals surface area contributed by atoms with E-state index in [-0.39, 0.29) is 69.5 Å². The van der Waals surface area contributed by atoms with Crippen LogP contribution in [0.1, 0.15) is 118 Å². The highest BCUT2D eigenvalue weighted by Crippen LogP contribution is 2.77. The zero-order chi connectivity index (χ0) is 33.3. The molecule has 0 bridgehead atoms. The molecular formula is C37H55N3O6. The van der Waals surface area contributed by atoms with Crippen molar-refractivity contribution in [1.82, 2.24) is 15.4 Å². The number of H-pyrrole nitrogens is 1. The zero-order valence-corrected chi connectivity index (χ0v) is 29.1. The van der Waals surface area contributed by atoms with Gasteiger partial charge in [-0.2, -0.15) is 15.4 Å². The minimum atomic E-state index is -0.372. The molecule has 0 unspecified atom stereocenters. The van der Waals surface area contributed by atoms with E-state index in [2.05, 4.69) is 56.6 Å². The zero-order valence-electron chi connectivity index (χ0n) is 29.1. The molecule has 5 aliphatic carbocycles. The summed E-state index contributed by atoms with van der Waals surface area (Å²) in [6.07, 6.45) is 11.9. The second-order valence-electron chi connectivity index (χ2n) is 17.0. The molecule has 46 heavy (non-hydrogen) atoms. The van der Waals surface area contributed by atoms with Crippen molar-refractivity contribution in [2.24, 2.45) is 56.7 Å². The summed E-state index contributed by atoms with van der Waals surface area (Å²) in [4.78, 5) is 37.6. The Morgan fingerprint density at radius 1 is 0.870 bits per heavy atom. The largest absolute Gasteiger partial charge is 0.465 e. The molecule has 0 radical (unpaired) electrons. The first kappa shape index (κ1) is 33.2. The number of nitrogens with one attached hydrogen (secondary N) is 1. The summed E-state index contributed by atoms with van der Waals surface area (Å²) in [5.41, 5.74) is 1.23. The second-order valence-corrected chi connectivity index (χ2v) is 17.0. The molecule has 0 saturated heterocycles. The Hall–Kier alpha value is -2.71. The highest BCUT2D eigenvalue weighted by molar-refractivity contribution is 5.88. The van der Waals surface area contributed by atoms with Crippen LogP contribution in [0.25, 0.3) is 0 Å². The molecule has 0 aliphatic heterocycles. The van der Waals surface area contributed by atoms with Crippen LogP contribution < -0.4 is 0 Å². The van der Waals surface area contributed by atoms with Gasteiger partial charge in [-0.25, -0.2) is 4.79 Å². The van der Waals surface area contributed by atoms with Crippen LogP contribution in [-0.2, 0) is 35.2 Å². The van der Waals surface area contributed by atoms with Gasteiger partial charge in [0.1, 0.15) is 18.4 Å². The van der Waals surface area contributed by atoms with E-state index in [0.717, 1.165) is 64.2 Å². The third kappa shape index (κ3) is 4.96. The van der Waals surface area contributed by atoms with Crippen molar-refractivity contribution in [3.63, 3.8) is 0 Å². The van der Waals surface area contributed by atoms with Crippen LogP contribution in [0.2, 0.25) is 0 Å². The highest BCUT2D eigenvalue weighted by atomic mass is 16.5. The molecule has 0 amide bonds. The van der Waals surface area contributed by atoms with E-state index in [1.807, 2.05) is 0 Å². The van der Waals surface area contributed by atoms with Gasteiger partial charge in [0.05, 0.1) is 12.8 Å². The second kappa shape index (κ2) is 11.5. The number of esters is 3. The van der Waals surface area contributed by atoms with Gasteiger partial charge in [0, 0.05) is 30.3 Å². The van der Waals surface area contributed by atoms with Crippen LogP contribution in [0, 0.1) is 56.7 Å². The molecule has 9 heteroatoms. The van der Waals surface area contributed by atoms with Crippen LogP contribution in [0.3, 0.4) is 0 Å². The number of nitrogens with zero attached hydrogens (tertiary/aromatic N) is 2. The summed E-state index contributed by atoms with van der Waals surface area (Å²) < 4.78 is 17.4. The standard InChI is InChI=1S/C37H55N3O6/c1-22(32(43)44-20-25-19-38-40-39-25)26-11-16-37(21-45-23(2)41)18-17-35(7)27(31(26)37)9-10-29-34(6)14-13-30(46-24(3)42)33(4,5)28(34)12-15-36(29,35)8/h19,26-31H,1,9-18,20-21H2,2-8H3,(H,38,39,40)/t26-,27+,28-,29+,30-,31+,34-,35+,36+,37+/m0/s1. The Morgan fingerprint density at radius 2 is 1.63 bits per heavy atom. The SMILES string of the molecule is C=C(C(=O)OCc1cn[nH]n1)[C@@H]1CC[C@]2(COC(C)=O)CC[C@]3(C)[C@H](CC[C@@H]4[C@@]5(C)CC[C@H](OC(C)=O)C(C)(C)[C@@H]5CC[C@]43C)[C@@H]12. The first-order valence-electron chi connectivity index (χ1n) is 17.6. The third-order valence-corrected chi connectivity index (χ3v) is 14.9.